The molecule has 1 N–H and O–H groups in total. The van der Waals surface area contributed by atoms with Crippen molar-refractivity contribution in [2.75, 3.05) is 29.1 Å². The van der Waals surface area contributed by atoms with Crippen LogP contribution in [0.4, 0.5) is 11.4 Å². The molecule has 1 aromatic heterocycles. The number of tetrazole rings is 1. The Balaban J connectivity index is 1.44. The number of hydrogen-bond acceptors (Lipinski definition) is 6. The van der Waals surface area contributed by atoms with Crippen molar-refractivity contribution < 1.29 is 4.79 Å². The van der Waals surface area contributed by atoms with Crippen molar-refractivity contribution in [2.45, 2.75) is 18.0 Å². The number of para-hydroxylation sites is 1. The summed E-state index contributed by atoms with van der Waals surface area (Å²) in [4.78, 5) is 14.8. The Morgan fingerprint density at radius 2 is 1.86 bits per heavy atom. The van der Waals surface area contributed by atoms with Gasteiger partial charge in [0.25, 0.3) is 0 Å². The van der Waals surface area contributed by atoms with Gasteiger partial charge >= 0.3 is 0 Å². The summed E-state index contributed by atoms with van der Waals surface area (Å²) in [5.41, 5.74) is 2.38. The number of aromatic nitrogens is 4. The molecule has 0 atom stereocenters. The smallest absolute Gasteiger partial charge is 0.234 e. The lowest BCUT2D eigenvalue weighted by Gasteiger charge is -2.22. The minimum absolute atomic E-state index is 0.150. The van der Waals surface area contributed by atoms with E-state index in [0.717, 1.165) is 43.0 Å². The van der Waals surface area contributed by atoms with Crippen molar-refractivity contribution >= 4 is 52.2 Å². The summed E-state index contributed by atoms with van der Waals surface area (Å²) >= 11 is 13.6. The van der Waals surface area contributed by atoms with E-state index in [1.165, 1.54) is 11.8 Å². The second-order valence-corrected chi connectivity index (χ2v) is 8.30. The predicted octanol–water partition coefficient (Wildman–Crippen LogP) is 4.30. The lowest BCUT2D eigenvalue weighted by Crippen LogP contribution is -2.22. The van der Waals surface area contributed by atoms with Gasteiger partial charge in [0.15, 0.2) is 0 Å². The molecule has 1 aliphatic heterocycles. The van der Waals surface area contributed by atoms with Gasteiger partial charge < -0.3 is 10.2 Å². The number of nitrogens with one attached hydrogen (secondary N) is 1. The van der Waals surface area contributed by atoms with Gasteiger partial charge in [-0.2, -0.15) is 4.68 Å². The highest BCUT2D eigenvalue weighted by atomic mass is 35.5. The van der Waals surface area contributed by atoms with Crippen molar-refractivity contribution in [1.82, 2.24) is 20.2 Å². The quantitative estimate of drug-likeness (QED) is 0.566. The van der Waals surface area contributed by atoms with Crippen LogP contribution in [-0.4, -0.2) is 45.0 Å². The number of halogens is 2. The molecule has 1 fully saturated rings. The maximum absolute atomic E-state index is 12.6. The molecule has 1 saturated heterocycles. The average molecular weight is 449 g/mol. The maximum atomic E-state index is 12.6. The number of carbonyl (C=O) groups excluding carboxylic acids is 1. The van der Waals surface area contributed by atoms with Crippen LogP contribution >= 0.6 is 35.0 Å². The Labute approximate surface area is 182 Å². The first-order valence-corrected chi connectivity index (χ1v) is 10.9. The molecular formula is C19H18Cl2N6OS. The van der Waals surface area contributed by atoms with E-state index in [1.807, 2.05) is 30.3 Å². The number of anilines is 2. The average Bonchev–Trinajstić information content (AvgIpc) is 3.39. The maximum Gasteiger partial charge on any atom is 0.234 e. The summed E-state index contributed by atoms with van der Waals surface area (Å²) in [5, 5.41) is 16.5. The molecule has 0 radical (unpaired) electrons. The molecule has 0 spiro atoms. The van der Waals surface area contributed by atoms with Gasteiger partial charge in [0.1, 0.15) is 0 Å². The Hall–Kier alpha value is -2.29. The number of rotatable bonds is 6. The Kier molecular flexibility index (Phi) is 6.22. The van der Waals surface area contributed by atoms with E-state index in [9.17, 15) is 4.79 Å². The van der Waals surface area contributed by atoms with Crippen LogP contribution < -0.4 is 10.2 Å². The van der Waals surface area contributed by atoms with Crippen LogP contribution in [-0.2, 0) is 4.79 Å². The normalized spacial score (nSPS) is 13.7. The highest BCUT2D eigenvalue weighted by Crippen LogP contribution is 2.36. The lowest BCUT2D eigenvalue weighted by molar-refractivity contribution is -0.113. The number of carbonyl (C=O) groups is 1. The van der Waals surface area contributed by atoms with Crippen LogP contribution in [0.25, 0.3) is 5.69 Å². The van der Waals surface area contributed by atoms with Gasteiger partial charge in [-0.15, -0.1) is 5.10 Å². The van der Waals surface area contributed by atoms with E-state index in [1.54, 1.807) is 16.8 Å². The molecule has 2 aromatic carbocycles. The lowest BCUT2D eigenvalue weighted by atomic mass is 10.2. The Bertz CT molecular complexity index is 1000. The standard InChI is InChI=1S/C19H18Cl2N6OS/c20-13-6-8-14(9-7-13)27-19(23-24-25-27)29-12-17(28)22-16-5-3-4-15(21)18(16)26-10-1-2-11-26/h3-9H,1-2,10-12H2,(H,22,28). The molecule has 2 heterocycles. The third-order valence-electron chi connectivity index (χ3n) is 4.53. The zero-order chi connectivity index (χ0) is 20.2. The van der Waals surface area contributed by atoms with Gasteiger partial charge in [-0.05, 0) is 59.7 Å². The summed E-state index contributed by atoms with van der Waals surface area (Å²) in [7, 11) is 0. The van der Waals surface area contributed by atoms with E-state index in [4.69, 9.17) is 23.2 Å². The molecule has 1 amide bonds. The summed E-state index contributed by atoms with van der Waals surface area (Å²) in [5.74, 6) is 0.0169. The molecule has 1 aliphatic rings. The fraction of sp³-hybridized carbons (Fsp3) is 0.263. The van der Waals surface area contributed by atoms with Crippen LogP contribution in [0.1, 0.15) is 12.8 Å². The number of thioether (sulfide) groups is 1. The number of benzene rings is 2. The molecule has 29 heavy (non-hydrogen) atoms. The Morgan fingerprint density at radius 1 is 1.10 bits per heavy atom. The second kappa shape index (κ2) is 9.02. The zero-order valence-electron chi connectivity index (χ0n) is 15.4. The number of amides is 1. The van der Waals surface area contributed by atoms with Crippen molar-refractivity contribution in [1.29, 1.82) is 0 Å². The fourth-order valence-corrected chi connectivity index (χ4v) is 4.32. The van der Waals surface area contributed by atoms with E-state index >= 15 is 0 Å². The van der Waals surface area contributed by atoms with Gasteiger partial charge in [0, 0.05) is 18.1 Å². The van der Waals surface area contributed by atoms with Gasteiger partial charge in [-0.25, -0.2) is 0 Å². The second-order valence-electron chi connectivity index (χ2n) is 6.52. The van der Waals surface area contributed by atoms with Crippen molar-refractivity contribution in [3.05, 3.63) is 52.5 Å². The minimum Gasteiger partial charge on any atom is -0.369 e. The molecule has 0 unspecified atom stereocenters. The molecule has 0 aliphatic carbocycles. The summed E-state index contributed by atoms with van der Waals surface area (Å²) < 4.78 is 1.57. The molecule has 4 rings (SSSR count). The summed E-state index contributed by atoms with van der Waals surface area (Å²) in [6.45, 7) is 1.88. The topological polar surface area (TPSA) is 75.9 Å². The van der Waals surface area contributed by atoms with Gasteiger partial charge in [0.2, 0.25) is 11.1 Å². The molecule has 150 valence electrons. The fourth-order valence-electron chi connectivity index (χ4n) is 3.21. The first-order valence-electron chi connectivity index (χ1n) is 9.12. The molecule has 0 bridgehead atoms. The SMILES string of the molecule is O=C(CSc1nnnn1-c1ccc(Cl)cc1)Nc1cccc(Cl)c1N1CCCC1. The minimum atomic E-state index is -0.150. The van der Waals surface area contributed by atoms with Gasteiger partial charge in [-0.3, -0.25) is 4.79 Å². The zero-order valence-corrected chi connectivity index (χ0v) is 17.7. The summed E-state index contributed by atoms with van der Waals surface area (Å²) in [6, 6.07) is 12.7. The first kappa shape index (κ1) is 20.0. The van der Waals surface area contributed by atoms with E-state index in [-0.39, 0.29) is 11.7 Å². The van der Waals surface area contributed by atoms with E-state index in [0.29, 0.717) is 15.2 Å². The molecule has 0 saturated carbocycles. The largest absolute Gasteiger partial charge is 0.369 e. The van der Waals surface area contributed by atoms with Gasteiger partial charge in [-0.1, -0.05) is 41.0 Å². The van der Waals surface area contributed by atoms with E-state index in [2.05, 4.69) is 25.7 Å². The number of nitrogens with zero attached hydrogens (tertiary/aromatic N) is 5. The third-order valence-corrected chi connectivity index (χ3v) is 6.00. The third kappa shape index (κ3) is 4.66. The number of hydrogen-bond donors (Lipinski definition) is 1. The van der Waals surface area contributed by atoms with Gasteiger partial charge in [0.05, 0.1) is 27.8 Å². The molecule has 7 nitrogen and oxygen atoms in total. The molecule has 3 aromatic rings. The van der Waals surface area contributed by atoms with Crippen molar-refractivity contribution in [3.8, 4) is 5.69 Å². The van der Waals surface area contributed by atoms with Crippen LogP contribution in [0.3, 0.4) is 0 Å². The predicted molar refractivity (Wildman–Crippen MR) is 116 cm³/mol. The van der Waals surface area contributed by atoms with E-state index < -0.39 is 0 Å². The molecular weight excluding hydrogens is 431 g/mol. The highest BCUT2D eigenvalue weighted by molar-refractivity contribution is 7.99. The molecule has 10 heteroatoms. The first-order chi connectivity index (χ1) is 14.1. The van der Waals surface area contributed by atoms with Crippen molar-refractivity contribution in [2.24, 2.45) is 0 Å². The van der Waals surface area contributed by atoms with Crippen LogP contribution in [0.15, 0.2) is 47.6 Å². The Morgan fingerprint density at radius 3 is 2.62 bits per heavy atom. The van der Waals surface area contributed by atoms with Crippen LogP contribution in [0.5, 0.6) is 0 Å². The van der Waals surface area contributed by atoms with Crippen LogP contribution in [0.2, 0.25) is 10.0 Å². The monoisotopic (exact) mass is 448 g/mol. The van der Waals surface area contributed by atoms with Crippen molar-refractivity contribution in [3.63, 3.8) is 0 Å². The summed E-state index contributed by atoms with van der Waals surface area (Å²) in [6.07, 6.45) is 2.25. The highest BCUT2D eigenvalue weighted by Gasteiger charge is 2.20. The van der Waals surface area contributed by atoms with Crippen LogP contribution in [0, 0.1) is 0 Å².